The van der Waals surface area contributed by atoms with Gasteiger partial charge in [-0.05, 0) is 16.7 Å². The highest BCUT2D eigenvalue weighted by Crippen LogP contribution is 2.46. The van der Waals surface area contributed by atoms with Gasteiger partial charge in [0, 0.05) is 6.42 Å². The maximum atomic E-state index is 11.9. The predicted molar refractivity (Wildman–Crippen MR) is 108 cm³/mol. The van der Waals surface area contributed by atoms with Gasteiger partial charge in [0.1, 0.15) is 12.6 Å². The Morgan fingerprint density at radius 2 is 1.80 bits per heavy atom. The van der Waals surface area contributed by atoms with Gasteiger partial charge < -0.3 is 25.6 Å². The molecule has 1 fully saturated rings. The summed E-state index contributed by atoms with van der Waals surface area (Å²) in [5.41, 5.74) is 2.02. The Bertz CT molecular complexity index is 919. The lowest BCUT2D eigenvalue weighted by molar-refractivity contribution is -0.593. The lowest BCUT2D eigenvalue weighted by Gasteiger charge is -2.36. The number of aliphatic carboxylic acids is 1. The van der Waals surface area contributed by atoms with E-state index in [9.17, 15) is 29.9 Å². The number of carbonyl (C=O) groups excluding carboxylic acids is 2. The first-order chi connectivity index (χ1) is 14.2. The normalized spacial score (nSPS) is 18.6. The molecular formula is C20H19N2O7S-. The van der Waals surface area contributed by atoms with Crippen molar-refractivity contribution >= 4 is 29.9 Å². The first-order valence-electron chi connectivity index (χ1n) is 9.06. The lowest BCUT2D eigenvalue weighted by atomic mass is 10.0. The van der Waals surface area contributed by atoms with Crippen LogP contribution in [-0.2, 0) is 27.4 Å². The van der Waals surface area contributed by atoms with Crippen LogP contribution in [0.5, 0.6) is 0 Å². The molecule has 10 heteroatoms. The van der Waals surface area contributed by atoms with Crippen LogP contribution in [0.3, 0.4) is 0 Å². The van der Waals surface area contributed by atoms with Crippen LogP contribution in [0.4, 0.5) is 4.79 Å². The van der Waals surface area contributed by atoms with Crippen molar-refractivity contribution in [2.75, 3.05) is 0 Å². The van der Waals surface area contributed by atoms with E-state index in [1.165, 1.54) is 0 Å². The third-order valence-corrected chi connectivity index (χ3v) is 5.70. The average molecular weight is 431 g/mol. The van der Waals surface area contributed by atoms with E-state index < -0.39 is 33.5 Å². The molecule has 0 aliphatic carbocycles. The molecule has 2 amide bonds. The van der Waals surface area contributed by atoms with Gasteiger partial charge in [-0.2, -0.15) is 0 Å². The highest BCUT2D eigenvalue weighted by Gasteiger charge is 2.38. The topological polar surface area (TPSA) is 139 Å². The number of hydrogen-bond acceptors (Lipinski definition) is 7. The molecule has 0 bridgehead atoms. The van der Waals surface area contributed by atoms with Crippen LogP contribution >= 0.6 is 11.9 Å². The maximum absolute atomic E-state index is 11.9. The number of nitrogens with zero attached hydrogens (tertiary/aromatic N) is 1. The molecule has 1 heterocycles. The summed E-state index contributed by atoms with van der Waals surface area (Å²) in [6.07, 6.45) is -0.983. The van der Waals surface area contributed by atoms with E-state index in [0.29, 0.717) is 23.1 Å². The molecule has 1 unspecified atom stereocenters. The second-order valence-electron chi connectivity index (χ2n) is 6.73. The van der Waals surface area contributed by atoms with Gasteiger partial charge in [-0.25, -0.2) is 14.4 Å². The molecule has 3 rings (SSSR count). The van der Waals surface area contributed by atoms with Crippen molar-refractivity contribution in [1.29, 1.82) is 0 Å². The van der Waals surface area contributed by atoms with Gasteiger partial charge in [0.2, 0.25) is 0 Å². The van der Waals surface area contributed by atoms with Crippen molar-refractivity contribution in [3.05, 3.63) is 81.7 Å². The Morgan fingerprint density at radius 3 is 2.37 bits per heavy atom. The second kappa shape index (κ2) is 9.26. The Hall–Kier alpha value is -2.92. The Kier molecular flexibility index (Phi) is 6.73. The molecule has 2 aromatic carbocycles. The summed E-state index contributed by atoms with van der Waals surface area (Å²) < 4.78 is 2.85. The van der Waals surface area contributed by atoms with Crippen LogP contribution in [0, 0.1) is 10.4 Å². The lowest BCUT2D eigenvalue weighted by Crippen LogP contribution is -2.42. The molecule has 158 valence electrons. The number of alkyl carbamates (subject to hydrolysis) is 1. The van der Waals surface area contributed by atoms with Gasteiger partial charge in [-0.1, -0.05) is 54.6 Å². The number of rotatable bonds is 7. The smallest absolute Gasteiger partial charge is 0.408 e. The fraction of sp³-hybridized carbons (Fsp3) is 0.250. The summed E-state index contributed by atoms with van der Waals surface area (Å²) in [7, 11) is 0. The van der Waals surface area contributed by atoms with Gasteiger partial charge in [-0.15, -0.1) is 0 Å². The summed E-state index contributed by atoms with van der Waals surface area (Å²) in [5.74, 6) is -2.15. The molecule has 2 aromatic rings. The molecular weight excluding hydrogens is 412 g/mol. The zero-order valence-electron chi connectivity index (χ0n) is 15.7. The molecule has 9 nitrogen and oxygen atoms in total. The summed E-state index contributed by atoms with van der Waals surface area (Å²) >= 11 is 0.475. The molecule has 0 saturated carbocycles. The summed E-state index contributed by atoms with van der Waals surface area (Å²) in [4.78, 5) is 34.9. The second-order valence-corrected chi connectivity index (χ2v) is 7.99. The Morgan fingerprint density at radius 1 is 1.13 bits per heavy atom. The third-order valence-electron chi connectivity index (χ3n) is 4.53. The SMILES string of the molecule is O=C(N[C@@H](Cc1ccc(C2CC(=O)[N+]([O-])([O-])S2)cc1)C(=O)O)OCc1ccccc1. The van der Waals surface area contributed by atoms with Gasteiger partial charge in [-0.3, -0.25) is 4.21 Å². The van der Waals surface area contributed by atoms with Crippen molar-refractivity contribution in [2.45, 2.75) is 30.7 Å². The molecule has 0 radical (unpaired) electrons. The van der Waals surface area contributed by atoms with Crippen molar-refractivity contribution in [1.82, 2.24) is 5.32 Å². The number of benzene rings is 2. The minimum absolute atomic E-state index is 0.00982. The minimum Gasteiger partial charge on any atom is -0.612 e. The van der Waals surface area contributed by atoms with Gasteiger partial charge in [0.05, 0.1) is 23.6 Å². The molecule has 0 spiro atoms. The number of amides is 2. The maximum Gasteiger partial charge on any atom is 0.408 e. The first kappa shape index (κ1) is 21.8. The third kappa shape index (κ3) is 5.57. The van der Waals surface area contributed by atoms with Crippen LogP contribution < -0.4 is 5.32 Å². The number of nitrogens with one attached hydrogen (secondary N) is 1. The molecule has 2 atom stereocenters. The summed E-state index contributed by atoms with van der Waals surface area (Å²) in [6.45, 7) is 0.0188. The zero-order chi connectivity index (χ0) is 21.7. The molecule has 1 aliphatic heterocycles. The summed E-state index contributed by atoms with van der Waals surface area (Å²) in [5, 5.41) is 34.0. The van der Waals surface area contributed by atoms with Crippen molar-refractivity contribution in [3.63, 3.8) is 0 Å². The number of hydrogen-bond donors (Lipinski definition) is 2. The standard InChI is InChI=1S/C20H19N2O7S/c23-18-11-17(30-22(18,27)28)15-8-6-13(7-9-15)10-16(19(24)25)21-20(26)29-12-14-4-2-1-3-5-14/h1-9,16-17H,10-12H2,(H,21,26)(H,24,25)/q-1/t16-,17?/m0/s1. The first-order valence-corrected chi connectivity index (χ1v) is 9.90. The van der Waals surface area contributed by atoms with Crippen molar-refractivity contribution in [3.8, 4) is 0 Å². The van der Waals surface area contributed by atoms with Crippen LogP contribution in [0.15, 0.2) is 54.6 Å². The summed E-state index contributed by atoms with van der Waals surface area (Å²) in [6, 6.07) is 14.3. The molecule has 30 heavy (non-hydrogen) atoms. The van der Waals surface area contributed by atoms with Crippen LogP contribution in [0.2, 0.25) is 0 Å². The van der Waals surface area contributed by atoms with Gasteiger partial charge in [0.25, 0.3) is 0 Å². The van der Waals surface area contributed by atoms with E-state index in [1.54, 1.807) is 48.5 Å². The van der Waals surface area contributed by atoms with Crippen LogP contribution in [-0.4, -0.2) is 33.3 Å². The highest BCUT2D eigenvalue weighted by molar-refractivity contribution is 7.94. The number of hydroxylamine groups is 2. The molecule has 0 aromatic heterocycles. The number of carboxylic acid groups (broad SMARTS) is 1. The highest BCUT2D eigenvalue weighted by atomic mass is 32.2. The Balaban J connectivity index is 1.56. The largest absolute Gasteiger partial charge is 0.612 e. The monoisotopic (exact) mass is 431 g/mol. The van der Waals surface area contributed by atoms with E-state index in [4.69, 9.17) is 4.74 Å². The van der Waals surface area contributed by atoms with Crippen LogP contribution in [0.1, 0.15) is 28.4 Å². The van der Waals surface area contributed by atoms with Gasteiger partial charge >= 0.3 is 18.0 Å². The fourth-order valence-electron chi connectivity index (χ4n) is 2.92. The number of carboxylic acids is 1. The van der Waals surface area contributed by atoms with E-state index in [2.05, 4.69) is 5.32 Å². The van der Waals surface area contributed by atoms with Crippen molar-refractivity contribution in [2.24, 2.45) is 0 Å². The van der Waals surface area contributed by atoms with E-state index >= 15 is 0 Å². The van der Waals surface area contributed by atoms with Crippen LogP contribution in [0.25, 0.3) is 0 Å². The molecule has 2 N–H and O–H groups in total. The van der Waals surface area contributed by atoms with E-state index in [-0.39, 0.29) is 19.4 Å². The number of ether oxygens (including phenoxy) is 1. The van der Waals surface area contributed by atoms with E-state index in [0.717, 1.165) is 5.56 Å². The fourth-order valence-corrected chi connectivity index (χ4v) is 3.95. The average Bonchev–Trinajstić information content (AvgIpc) is 2.99. The van der Waals surface area contributed by atoms with E-state index in [1.807, 2.05) is 6.07 Å². The Labute approximate surface area is 176 Å². The van der Waals surface area contributed by atoms with Gasteiger partial charge in [0.15, 0.2) is 0 Å². The number of carbonyl (C=O) groups is 3. The molecule has 1 aliphatic rings. The molecule has 1 saturated heterocycles. The van der Waals surface area contributed by atoms with Crippen molar-refractivity contribution < 1.29 is 28.4 Å². The number of quaternary nitrogens is 1. The zero-order valence-corrected chi connectivity index (χ0v) is 16.5. The minimum atomic E-state index is -2.21. The quantitative estimate of drug-likeness (QED) is 0.387. The predicted octanol–water partition coefficient (Wildman–Crippen LogP) is 3.04.